The molecule has 0 aliphatic carbocycles. The van der Waals surface area contributed by atoms with Crippen molar-refractivity contribution in [3.63, 3.8) is 0 Å². The summed E-state index contributed by atoms with van der Waals surface area (Å²) in [6.45, 7) is 3.77. The molecule has 2 aromatic heterocycles. The fourth-order valence-corrected chi connectivity index (χ4v) is 4.57. The van der Waals surface area contributed by atoms with Crippen molar-refractivity contribution in [3.8, 4) is 17.2 Å². The second-order valence-corrected chi connectivity index (χ2v) is 8.79. The highest BCUT2D eigenvalue weighted by atomic mass is 32.1. The van der Waals surface area contributed by atoms with Crippen molar-refractivity contribution in [1.29, 1.82) is 0 Å². The Balaban J connectivity index is 1.72. The highest BCUT2D eigenvalue weighted by Crippen LogP contribution is 2.31. The molecule has 0 bridgehead atoms. The molecule has 4 aromatic rings. The topological polar surface area (TPSA) is 109 Å². The zero-order valence-corrected chi connectivity index (χ0v) is 21.5. The van der Waals surface area contributed by atoms with Crippen LogP contribution in [0.3, 0.4) is 0 Å². The van der Waals surface area contributed by atoms with Gasteiger partial charge in [-0.25, -0.2) is 4.79 Å². The number of amides is 1. The Labute approximate surface area is 216 Å². The van der Waals surface area contributed by atoms with E-state index in [0.29, 0.717) is 27.6 Å². The van der Waals surface area contributed by atoms with Gasteiger partial charge in [-0.1, -0.05) is 23.8 Å². The SMILES string of the molecule is CCOC(=O)c1nn(-c2ccc(C)cc2)c(=O)c2c(NC(=O)C=Cc3ccc(OC)c(OC)c3)scc12. The molecule has 0 unspecified atom stereocenters. The van der Waals surface area contributed by atoms with Crippen LogP contribution in [0.4, 0.5) is 5.00 Å². The van der Waals surface area contributed by atoms with Crippen molar-refractivity contribution in [3.05, 3.63) is 81.1 Å². The summed E-state index contributed by atoms with van der Waals surface area (Å²) in [5.41, 5.74) is 1.74. The van der Waals surface area contributed by atoms with Gasteiger partial charge in [0.25, 0.3) is 5.56 Å². The molecule has 0 spiro atoms. The summed E-state index contributed by atoms with van der Waals surface area (Å²) >= 11 is 1.13. The lowest BCUT2D eigenvalue weighted by Gasteiger charge is -2.10. The first-order valence-corrected chi connectivity index (χ1v) is 12.2. The van der Waals surface area contributed by atoms with Gasteiger partial charge >= 0.3 is 5.97 Å². The Morgan fingerprint density at radius 1 is 1.08 bits per heavy atom. The molecule has 0 saturated heterocycles. The molecule has 0 radical (unpaired) electrons. The number of anilines is 1. The predicted octanol–water partition coefficient (Wildman–Crippen LogP) is 4.60. The number of methoxy groups -OCH3 is 2. The van der Waals surface area contributed by atoms with Crippen molar-refractivity contribution in [2.24, 2.45) is 0 Å². The highest BCUT2D eigenvalue weighted by molar-refractivity contribution is 7.16. The van der Waals surface area contributed by atoms with E-state index in [1.165, 1.54) is 13.2 Å². The number of fused-ring (bicyclic) bond motifs is 1. The zero-order chi connectivity index (χ0) is 26.5. The van der Waals surface area contributed by atoms with E-state index in [0.717, 1.165) is 27.1 Å². The van der Waals surface area contributed by atoms with Gasteiger partial charge in [-0.15, -0.1) is 11.3 Å². The predicted molar refractivity (Wildman–Crippen MR) is 143 cm³/mol. The standard InChI is InChI=1S/C27H25N3O6S/c1-5-36-27(33)24-19-15-37-25(23(19)26(32)30(29-24)18-10-6-16(2)7-11-18)28-22(31)13-9-17-8-12-20(34-3)21(14-17)35-4/h6-15H,5H2,1-4H3,(H,28,31). The number of rotatable bonds is 8. The molecule has 37 heavy (non-hydrogen) atoms. The van der Waals surface area contributed by atoms with Gasteiger partial charge in [0.05, 0.1) is 31.9 Å². The van der Waals surface area contributed by atoms with Gasteiger partial charge < -0.3 is 19.5 Å². The number of hydrogen-bond acceptors (Lipinski definition) is 8. The van der Waals surface area contributed by atoms with E-state index < -0.39 is 17.4 Å². The fraction of sp³-hybridized carbons (Fsp3) is 0.185. The number of thiophene rings is 1. The number of benzene rings is 2. The van der Waals surface area contributed by atoms with Gasteiger partial charge in [0, 0.05) is 16.8 Å². The first-order valence-electron chi connectivity index (χ1n) is 11.4. The number of nitrogens with zero attached hydrogens (tertiary/aromatic N) is 2. The molecule has 9 nitrogen and oxygen atoms in total. The van der Waals surface area contributed by atoms with Crippen molar-refractivity contribution >= 4 is 45.1 Å². The van der Waals surface area contributed by atoms with Crippen molar-refractivity contribution in [2.75, 3.05) is 26.1 Å². The molecule has 0 aliphatic heterocycles. The molecular weight excluding hydrogens is 494 g/mol. The lowest BCUT2D eigenvalue weighted by atomic mass is 10.2. The summed E-state index contributed by atoms with van der Waals surface area (Å²) in [5.74, 6) is 0.00157. The van der Waals surface area contributed by atoms with E-state index in [4.69, 9.17) is 14.2 Å². The maximum atomic E-state index is 13.5. The number of hydrogen-bond donors (Lipinski definition) is 1. The summed E-state index contributed by atoms with van der Waals surface area (Å²) in [6, 6.07) is 12.4. The van der Waals surface area contributed by atoms with Crippen LogP contribution < -0.4 is 20.3 Å². The molecule has 4 rings (SSSR count). The Bertz CT molecular complexity index is 1550. The summed E-state index contributed by atoms with van der Waals surface area (Å²) in [6.07, 6.45) is 2.96. The average Bonchev–Trinajstić information content (AvgIpc) is 3.32. The van der Waals surface area contributed by atoms with Crippen LogP contribution in [-0.2, 0) is 9.53 Å². The van der Waals surface area contributed by atoms with Crippen molar-refractivity contribution in [1.82, 2.24) is 9.78 Å². The smallest absolute Gasteiger partial charge is 0.359 e. The lowest BCUT2D eigenvalue weighted by Crippen LogP contribution is -2.25. The third kappa shape index (κ3) is 5.39. The van der Waals surface area contributed by atoms with Crippen LogP contribution in [-0.4, -0.2) is 42.5 Å². The first-order chi connectivity index (χ1) is 17.9. The lowest BCUT2D eigenvalue weighted by molar-refractivity contribution is -0.111. The van der Waals surface area contributed by atoms with E-state index in [1.54, 1.807) is 55.8 Å². The number of carbonyl (C=O) groups excluding carboxylic acids is 2. The number of aromatic nitrogens is 2. The number of carbonyl (C=O) groups is 2. The molecule has 10 heteroatoms. The fourth-order valence-electron chi connectivity index (χ4n) is 3.63. The number of aryl methyl sites for hydroxylation is 1. The minimum Gasteiger partial charge on any atom is -0.493 e. The van der Waals surface area contributed by atoms with Gasteiger partial charge in [0.15, 0.2) is 17.2 Å². The molecule has 1 N–H and O–H groups in total. The third-order valence-electron chi connectivity index (χ3n) is 5.47. The quantitative estimate of drug-likeness (QED) is 0.268. The minimum atomic E-state index is -0.655. The van der Waals surface area contributed by atoms with Gasteiger partial charge in [0.2, 0.25) is 5.91 Å². The van der Waals surface area contributed by atoms with Crippen molar-refractivity contribution < 1.29 is 23.8 Å². The average molecular weight is 520 g/mol. The Morgan fingerprint density at radius 3 is 2.49 bits per heavy atom. The molecule has 190 valence electrons. The Kier molecular flexibility index (Phi) is 7.69. The van der Waals surface area contributed by atoms with Crippen LogP contribution in [0, 0.1) is 6.92 Å². The number of esters is 1. The van der Waals surface area contributed by atoms with Gasteiger partial charge in [-0.2, -0.15) is 9.78 Å². The van der Waals surface area contributed by atoms with E-state index in [9.17, 15) is 14.4 Å². The molecule has 2 aromatic carbocycles. The number of nitrogens with one attached hydrogen (secondary N) is 1. The second-order valence-electron chi connectivity index (χ2n) is 7.91. The van der Waals surface area contributed by atoms with Gasteiger partial charge in [-0.05, 0) is 49.8 Å². The van der Waals surface area contributed by atoms with E-state index in [2.05, 4.69) is 10.4 Å². The van der Waals surface area contributed by atoms with Gasteiger partial charge in [-0.3, -0.25) is 9.59 Å². The molecular formula is C27H25N3O6S. The molecule has 1 amide bonds. The van der Waals surface area contributed by atoms with Crippen molar-refractivity contribution in [2.45, 2.75) is 13.8 Å². The van der Waals surface area contributed by atoms with Crippen LogP contribution in [0.1, 0.15) is 28.5 Å². The second kappa shape index (κ2) is 11.1. The van der Waals surface area contributed by atoms with Gasteiger partial charge in [0.1, 0.15) is 5.00 Å². The molecule has 2 heterocycles. The molecule has 0 saturated carbocycles. The monoisotopic (exact) mass is 519 g/mol. The van der Waals surface area contributed by atoms with E-state index >= 15 is 0 Å². The van der Waals surface area contributed by atoms with Crippen LogP contribution in [0.5, 0.6) is 11.5 Å². The maximum absolute atomic E-state index is 13.5. The summed E-state index contributed by atoms with van der Waals surface area (Å²) in [5, 5.41) is 9.47. The molecule has 0 aliphatic rings. The molecule has 0 atom stereocenters. The van der Waals surface area contributed by atoms with Crippen LogP contribution in [0.25, 0.3) is 22.5 Å². The molecule has 0 fully saturated rings. The maximum Gasteiger partial charge on any atom is 0.359 e. The Hall–Kier alpha value is -4.44. The normalized spacial score (nSPS) is 11.0. The largest absolute Gasteiger partial charge is 0.493 e. The first kappa shape index (κ1) is 25.6. The summed E-state index contributed by atoms with van der Waals surface area (Å²) in [4.78, 5) is 38.9. The van der Waals surface area contributed by atoms with E-state index in [-0.39, 0.29) is 17.7 Å². The third-order valence-corrected chi connectivity index (χ3v) is 6.37. The zero-order valence-electron chi connectivity index (χ0n) is 20.7. The van der Waals surface area contributed by atoms with E-state index in [1.807, 2.05) is 19.1 Å². The summed E-state index contributed by atoms with van der Waals surface area (Å²) in [7, 11) is 3.07. The summed E-state index contributed by atoms with van der Waals surface area (Å²) < 4.78 is 16.8. The van der Waals surface area contributed by atoms with Crippen LogP contribution in [0.2, 0.25) is 0 Å². The van der Waals surface area contributed by atoms with Crippen LogP contribution >= 0.6 is 11.3 Å². The highest BCUT2D eigenvalue weighted by Gasteiger charge is 2.23. The minimum absolute atomic E-state index is 0.00496. The van der Waals surface area contributed by atoms with Crippen LogP contribution in [0.15, 0.2) is 58.7 Å². The number of ether oxygens (including phenoxy) is 3. The Morgan fingerprint density at radius 2 is 1.81 bits per heavy atom.